The van der Waals surface area contributed by atoms with E-state index in [-0.39, 0.29) is 0 Å². The van der Waals surface area contributed by atoms with Gasteiger partial charge in [0.05, 0.1) is 0 Å². The molecule has 0 unspecified atom stereocenters. The molecule has 1 saturated heterocycles. The van der Waals surface area contributed by atoms with Gasteiger partial charge in [-0.05, 0) is 25.1 Å². The minimum atomic E-state index is 1.08. The van der Waals surface area contributed by atoms with Crippen LogP contribution in [0.2, 0.25) is 0 Å². The Morgan fingerprint density at radius 2 is 2.00 bits per heavy atom. The zero-order valence-corrected chi connectivity index (χ0v) is 9.59. The predicted molar refractivity (Wildman–Crippen MR) is 68.1 cm³/mol. The summed E-state index contributed by atoms with van der Waals surface area (Å²) in [4.78, 5) is 5.86. The molecule has 2 aromatic rings. The fraction of sp³-hybridized carbons (Fsp3) is 0.385. The molecule has 0 amide bonds. The van der Waals surface area contributed by atoms with Crippen LogP contribution in [0.4, 0.5) is 5.69 Å². The van der Waals surface area contributed by atoms with E-state index in [0.29, 0.717) is 0 Å². The Morgan fingerprint density at radius 1 is 1.19 bits per heavy atom. The van der Waals surface area contributed by atoms with Crippen LogP contribution in [0, 0.1) is 6.92 Å². The van der Waals surface area contributed by atoms with Gasteiger partial charge in [0.2, 0.25) is 0 Å². The molecule has 3 heteroatoms. The first kappa shape index (κ1) is 9.73. The minimum Gasteiger partial charge on any atom is -0.368 e. The third kappa shape index (κ3) is 1.57. The number of aryl methyl sites for hydroxylation is 1. The van der Waals surface area contributed by atoms with E-state index in [9.17, 15) is 0 Å². The van der Waals surface area contributed by atoms with Crippen molar-refractivity contribution >= 4 is 16.6 Å². The maximum atomic E-state index is 3.40. The van der Waals surface area contributed by atoms with E-state index >= 15 is 0 Å². The maximum Gasteiger partial charge on any atom is 0.0477 e. The van der Waals surface area contributed by atoms with Crippen LogP contribution in [0.15, 0.2) is 24.3 Å². The number of H-pyrrole nitrogens is 1. The summed E-state index contributed by atoms with van der Waals surface area (Å²) in [7, 11) is 0. The lowest BCUT2D eigenvalue weighted by Crippen LogP contribution is -2.43. The van der Waals surface area contributed by atoms with Crippen molar-refractivity contribution in [3.05, 3.63) is 30.0 Å². The maximum absolute atomic E-state index is 3.40. The van der Waals surface area contributed by atoms with Crippen molar-refractivity contribution < 1.29 is 0 Å². The molecule has 0 aliphatic carbocycles. The monoisotopic (exact) mass is 215 g/mol. The number of fused-ring (bicyclic) bond motifs is 1. The lowest BCUT2D eigenvalue weighted by molar-refractivity contribution is 0.590. The summed E-state index contributed by atoms with van der Waals surface area (Å²) in [6.07, 6.45) is 0. The Morgan fingerprint density at radius 3 is 2.81 bits per heavy atom. The van der Waals surface area contributed by atoms with Gasteiger partial charge in [-0.2, -0.15) is 0 Å². The van der Waals surface area contributed by atoms with Crippen LogP contribution >= 0.6 is 0 Å². The summed E-state index contributed by atoms with van der Waals surface area (Å²) in [5.74, 6) is 0. The second kappa shape index (κ2) is 3.83. The fourth-order valence-electron chi connectivity index (χ4n) is 2.46. The number of hydrogen-bond donors (Lipinski definition) is 2. The molecule has 1 aromatic heterocycles. The molecular formula is C13H17N3. The Hall–Kier alpha value is -1.48. The average molecular weight is 215 g/mol. The van der Waals surface area contributed by atoms with Crippen molar-refractivity contribution in [3.8, 4) is 0 Å². The predicted octanol–water partition coefficient (Wildman–Crippen LogP) is 1.89. The molecule has 16 heavy (non-hydrogen) atoms. The Balaban J connectivity index is 2.07. The van der Waals surface area contributed by atoms with Gasteiger partial charge in [-0.15, -0.1) is 0 Å². The standard InChI is InChI=1S/C13H17N3/c1-10-9-11-12(15-10)3-2-4-13(11)16-7-5-14-6-8-16/h2-4,9,14-15H,5-8H2,1H3. The first-order valence-corrected chi connectivity index (χ1v) is 5.88. The van der Waals surface area contributed by atoms with Crippen LogP contribution in [0.3, 0.4) is 0 Å². The third-order valence-electron chi connectivity index (χ3n) is 3.23. The number of piperazine rings is 1. The van der Waals surface area contributed by atoms with Gasteiger partial charge in [-0.1, -0.05) is 6.07 Å². The van der Waals surface area contributed by atoms with Crippen molar-refractivity contribution in [1.29, 1.82) is 0 Å². The van der Waals surface area contributed by atoms with Crippen LogP contribution < -0.4 is 10.2 Å². The third-order valence-corrected chi connectivity index (χ3v) is 3.23. The first-order chi connectivity index (χ1) is 7.84. The zero-order valence-electron chi connectivity index (χ0n) is 9.59. The molecule has 1 aliphatic heterocycles. The van der Waals surface area contributed by atoms with Gasteiger partial charge in [0, 0.05) is 48.5 Å². The zero-order chi connectivity index (χ0) is 11.0. The van der Waals surface area contributed by atoms with Gasteiger partial charge < -0.3 is 15.2 Å². The quantitative estimate of drug-likeness (QED) is 0.761. The number of aromatic amines is 1. The van der Waals surface area contributed by atoms with Crippen LogP contribution in [-0.4, -0.2) is 31.2 Å². The van der Waals surface area contributed by atoms with Crippen molar-refractivity contribution in [1.82, 2.24) is 10.3 Å². The van der Waals surface area contributed by atoms with Crippen molar-refractivity contribution in [2.24, 2.45) is 0 Å². The molecule has 84 valence electrons. The molecule has 1 aliphatic rings. The number of hydrogen-bond acceptors (Lipinski definition) is 2. The highest BCUT2D eigenvalue weighted by atomic mass is 15.2. The second-order valence-electron chi connectivity index (χ2n) is 4.43. The summed E-state index contributed by atoms with van der Waals surface area (Å²) in [6, 6.07) is 8.75. The van der Waals surface area contributed by atoms with E-state index in [4.69, 9.17) is 0 Å². The molecule has 0 radical (unpaired) electrons. The highest BCUT2D eigenvalue weighted by molar-refractivity contribution is 5.93. The van der Waals surface area contributed by atoms with Gasteiger partial charge in [-0.3, -0.25) is 0 Å². The molecule has 0 saturated carbocycles. The average Bonchev–Trinajstić information content (AvgIpc) is 2.70. The van der Waals surface area contributed by atoms with E-state index in [1.54, 1.807) is 0 Å². The van der Waals surface area contributed by atoms with E-state index in [1.807, 2.05) is 0 Å². The Kier molecular flexibility index (Phi) is 2.33. The summed E-state index contributed by atoms with van der Waals surface area (Å²) < 4.78 is 0. The molecular weight excluding hydrogens is 198 g/mol. The van der Waals surface area contributed by atoms with Crippen LogP contribution in [0.5, 0.6) is 0 Å². The van der Waals surface area contributed by atoms with E-state index in [2.05, 4.69) is 46.4 Å². The number of nitrogens with zero attached hydrogens (tertiary/aromatic N) is 1. The molecule has 2 N–H and O–H groups in total. The molecule has 1 fully saturated rings. The van der Waals surface area contributed by atoms with E-state index < -0.39 is 0 Å². The molecule has 2 heterocycles. The summed E-state index contributed by atoms with van der Waals surface area (Å²) in [5.41, 5.74) is 3.84. The topological polar surface area (TPSA) is 31.1 Å². The second-order valence-corrected chi connectivity index (χ2v) is 4.43. The number of anilines is 1. The highest BCUT2D eigenvalue weighted by Gasteiger charge is 2.13. The highest BCUT2D eigenvalue weighted by Crippen LogP contribution is 2.27. The molecule has 3 nitrogen and oxygen atoms in total. The van der Waals surface area contributed by atoms with Crippen LogP contribution in [0.25, 0.3) is 10.9 Å². The summed E-state index contributed by atoms with van der Waals surface area (Å²) in [6.45, 7) is 6.48. The number of benzene rings is 1. The largest absolute Gasteiger partial charge is 0.368 e. The molecule has 0 spiro atoms. The SMILES string of the molecule is Cc1cc2c(N3CCNCC3)cccc2[nH]1. The van der Waals surface area contributed by atoms with Gasteiger partial charge in [-0.25, -0.2) is 0 Å². The Labute approximate surface area is 95.5 Å². The fourth-order valence-corrected chi connectivity index (χ4v) is 2.46. The number of nitrogens with one attached hydrogen (secondary N) is 2. The summed E-state index contributed by atoms with van der Waals surface area (Å²) in [5, 5.41) is 4.74. The van der Waals surface area contributed by atoms with Crippen LogP contribution in [-0.2, 0) is 0 Å². The lowest BCUT2D eigenvalue weighted by atomic mass is 10.2. The molecule has 0 bridgehead atoms. The molecule has 0 atom stereocenters. The van der Waals surface area contributed by atoms with Crippen molar-refractivity contribution in [2.45, 2.75) is 6.92 Å². The van der Waals surface area contributed by atoms with Gasteiger partial charge in [0.25, 0.3) is 0 Å². The van der Waals surface area contributed by atoms with Crippen molar-refractivity contribution in [2.75, 3.05) is 31.1 Å². The number of aromatic nitrogens is 1. The smallest absolute Gasteiger partial charge is 0.0477 e. The molecule has 3 rings (SSSR count). The first-order valence-electron chi connectivity index (χ1n) is 5.88. The normalized spacial score (nSPS) is 16.9. The Bertz CT molecular complexity index is 495. The summed E-state index contributed by atoms with van der Waals surface area (Å²) >= 11 is 0. The minimum absolute atomic E-state index is 1.08. The molecule has 1 aromatic carbocycles. The van der Waals surface area contributed by atoms with Gasteiger partial charge >= 0.3 is 0 Å². The lowest BCUT2D eigenvalue weighted by Gasteiger charge is -2.30. The van der Waals surface area contributed by atoms with Gasteiger partial charge in [0.15, 0.2) is 0 Å². The number of rotatable bonds is 1. The van der Waals surface area contributed by atoms with Crippen molar-refractivity contribution in [3.63, 3.8) is 0 Å². The van der Waals surface area contributed by atoms with Crippen LogP contribution in [0.1, 0.15) is 5.69 Å². The van der Waals surface area contributed by atoms with E-state index in [0.717, 1.165) is 26.2 Å². The van der Waals surface area contributed by atoms with E-state index in [1.165, 1.54) is 22.3 Å². The van der Waals surface area contributed by atoms with Gasteiger partial charge in [0.1, 0.15) is 0 Å².